The van der Waals surface area contributed by atoms with E-state index in [9.17, 15) is 20.1 Å². The van der Waals surface area contributed by atoms with Crippen molar-refractivity contribution in [3.63, 3.8) is 0 Å². The van der Waals surface area contributed by atoms with E-state index in [2.05, 4.69) is 101 Å². The van der Waals surface area contributed by atoms with Crippen molar-refractivity contribution in [2.24, 2.45) is 23.7 Å². The normalized spacial score (nSPS) is 19.8. The molecule has 0 bridgehead atoms. The molecule has 0 aliphatic heterocycles. The summed E-state index contributed by atoms with van der Waals surface area (Å²) >= 11 is 6.28. The van der Waals surface area contributed by atoms with Crippen molar-refractivity contribution >= 4 is 80.2 Å². The number of hydrogen-bond donors (Lipinski definition) is 0. The van der Waals surface area contributed by atoms with Gasteiger partial charge in [0.05, 0.1) is 25.3 Å². The third-order valence-electron chi connectivity index (χ3n) is 21.1. The third kappa shape index (κ3) is 12.4. The summed E-state index contributed by atoms with van der Waals surface area (Å²) in [5.74, 6) is 0.207. The Morgan fingerprint density at radius 3 is 1.07 bits per heavy atom. The lowest BCUT2D eigenvalue weighted by Gasteiger charge is -2.37. The lowest BCUT2D eigenvalue weighted by molar-refractivity contribution is 0.103. The van der Waals surface area contributed by atoms with Crippen LogP contribution in [0.5, 0.6) is 0 Å². The minimum Gasteiger partial charge on any atom is -0.289 e. The van der Waals surface area contributed by atoms with E-state index < -0.39 is 22.5 Å². The molecule has 4 unspecified atom stereocenters. The molecule has 11 rings (SSSR count). The Bertz CT molecular complexity index is 4050. The fourth-order valence-electron chi connectivity index (χ4n) is 16.1. The van der Waals surface area contributed by atoms with Crippen LogP contribution in [0, 0.1) is 71.1 Å². The molecule has 0 amide bonds. The number of unbranched alkanes of at least 4 members (excludes halogenated alkanes) is 4. The Labute approximate surface area is 572 Å². The lowest BCUT2D eigenvalue weighted by atomic mass is 9.65. The van der Waals surface area contributed by atoms with E-state index in [4.69, 9.17) is 13.1 Å². The molecular formula is C82H84F2N4O2S4. The van der Waals surface area contributed by atoms with Crippen molar-refractivity contribution < 1.29 is 18.4 Å². The zero-order chi connectivity index (χ0) is 66.6. The number of halogens is 2. The Morgan fingerprint density at radius 1 is 0.468 bits per heavy atom. The summed E-state index contributed by atoms with van der Waals surface area (Å²) in [4.78, 5) is 43.3. The van der Waals surface area contributed by atoms with E-state index in [-0.39, 0.29) is 34.1 Å². The maximum absolute atomic E-state index is 17.9. The van der Waals surface area contributed by atoms with Gasteiger partial charge in [0.2, 0.25) is 0 Å². The second kappa shape index (κ2) is 29.3. The highest BCUT2D eigenvalue weighted by molar-refractivity contribution is 7.25. The topological polar surface area (TPSA) is 90.4 Å². The Hall–Kier alpha value is -7.42. The van der Waals surface area contributed by atoms with Crippen LogP contribution >= 0.6 is 45.3 Å². The molecule has 4 heterocycles. The standard InChI is InChI=1S/C82H84F2N4O2S4/c1-11-19-27-49(15-5)43-81(44-50(16-6)28-20-12-2)63-37-53(35-61-73(69(47-85)87-9)55-31-23-25-33-57(55)75(61)89)91-77(63)79-65(81)41-71(93-79)59-39-68(84)60(40-67(59)83)72-42-66-80(94-72)78-64(82(66,45-51(17-7)29-21-13-3)46-52(18-8)30-22-14-4)38-54(92-78)36-62-74(70(48-86)88-10)56-32-24-26-34-58(56)76(62)90/h23-26,31-42,49-52H,11-22,27-30,43-46H2,1-8H3/b61-35-,62-36-,73-69-,74-70+. The predicted octanol–water partition coefficient (Wildman–Crippen LogP) is 25.4. The minimum atomic E-state index is -0.488. The molecular weight excluding hydrogens is 1240 g/mol. The number of rotatable bonds is 28. The van der Waals surface area contributed by atoms with Gasteiger partial charge >= 0.3 is 0 Å². The highest BCUT2D eigenvalue weighted by atomic mass is 32.1. The molecule has 0 saturated heterocycles. The average Bonchev–Trinajstić information content (AvgIpc) is 1.55. The number of ketones is 2. The largest absolute Gasteiger partial charge is 0.289 e. The van der Waals surface area contributed by atoms with Gasteiger partial charge < -0.3 is 0 Å². The molecule has 482 valence electrons. The van der Waals surface area contributed by atoms with Gasteiger partial charge in [-0.15, -0.1) is 45.3 Å². The third-order valence-corrected chi connectivity index (χ3v) is 26.0. The van der Waals surface area contributed by atoms with Gasteiger partial charge in [-0.05, 0) is 131 Å². The van der Waals surface area contributed by atoms with Crippen LogP contribution in [-0.2, 0) is 10.8 Å². The first-order valence-corrected chi connectivity index (χ1v) is 37.8. The molecule has 4 atom stereocenters. The maximum Gasteiger partial charge on any atom is 0.270 e. The smallest absolute Gasteiger partial charge is 0.270 e. The number of carbonyl (C=O) groups excluding carboxylic acids is 2. The van der Waals surface area contributed by atoms with Crippen LogP contribution in [0.2, 0.25) is 0 Å². The molecule has 7 aromatic rings. The second-order valence-corrected chi connectivity index (χ2v) is 31.0. The molecule has 0 fully saturated rings. The van der Waals surface area contributed by atoms with E-state index in [1.165, 1.54) is 57.1 Å². The van der Waals surface area contributed by atoms with Gasteiger partial charge in [0.15, 0.2) is 11.6 Å². The molecule has 94 heavy (non-hydrogen) atoms. The first-order valence-electron chi connectivity index (χ1n) is 34.5. The molecule has 0 spiro atoms. The Balaban J connectivity index is 1.06. The summed E-state index contributed by atoms with van der Waals surface area (Å²) in [6.07, 6.45) is 24.5. The Morgan fingerprint density at radius 2 is 0.777 bits per heavy atom. The number of benzene rings is 3. The first kappa shape index (κ1) is 68.0. The van der Waals surface area contributed by atoms with Crippen LogP contribution in [-0.4, -0.2) is 11.6 Å². The molecule has 0 N–H and O–H groups in total. The van der Waals surface area contributed by atoms with E-state index in [0.29, 0.717) is 78.0 Å². The molecule has 4 aliphatic rings. The van der Waals surface area contributed by atoms with Crippen molar-refractivity contribution in [1.82, 2.24) is 0 Å². The highest BCUT2D eigenvalue weighted by Gasteiger charge is 2.50. The van der Waals surface area contributed by atoms with Gasteiger partial charge in [-0.2, -0.15) is 0 Å². The average molecular weight is 1320 g/mol. The van der Waals surface area contributed by atoms with Gasteiger partial charge in [-0.1, -0.05) is 207 Å². The van der Waals surface area contributed by atoms with Crippen molar-refractivity contribution in [3.05, 3.63) is 196 Å². The number of Topliss-reactive ketones (excluding diaryl/α,β-unsaturated/α-hetero) is 2. The molecule has 6 nitrogen and oxygen atoms in total. The number of hydrogen-bond acceptors (Lipinski definition) is 8. The van der Waals surface area contributed by atoms with E-state index in [0.717, 1.165) is 158 Å². The van der Waals surface area contributed by atoms with E-state index in [1.54, 1.807) is 34.8 Å². The quantitative estimate of drug-likeness (QED) is 0.0278. The SMILES string of the molecule is [C-]#[N+]/C(C#N)=C1\C(=C\c2cc3c(s2)-c2sc(-c4cc(F)c(-c5cc6c(s5)-c5sc(/C=C7\C(=O)c8ccccc8\C7=C(\C#N)[N+]#[C-])cc5C6(CC(CC)CCCC)CC(CC)CCCC)cc4F)cc2C3(CC(CC)CCCC)CC(CC)CCCC)C(=O)c2ccccc21. The molecule has 0 radical (unpaired) electrons. The Kier molecular flexibility index (Phi) is 21.2. The lowest BCUT2D eigenvalue weighted by Crippen LogP contribution is -2.31. The zero-order valence-electron chi connectivity index (χ0n) is 55.7. The van der Waals surface area contributed by atoms with Crippen LogP contribution in [0.1, 0.15) is 248 Å². The minimum absolute atomic E-state index is 0.118. The van der Waals surface area contributed by atoms with E-state index >= 15 is 8.78 Å². The van der Waals surface area contributed by atoms with Gasteiger partial charge in [-0.3, -0.25) is 9.59 Å². The molecule has 0 saturated carbocycles. The van der Waals surface area contributed by atoms with Gasteiger partial charge in [0.25, 0.3) is 11.4 Å². The molecule has 4 aliphatic carbocycles. The van der Waals surface area contributed by atoms with Crippen LogP contribution in [0.15, 0.2) is 107 Å². The maximum atomic E-state index is 17.9. The van der Waals surface area contributed by atoms with Crippen molar-refractivity contribution in [2.75, 3.05) is 0 Å². The summed E-state index contributed by atoms with van der Waals surface area (Å²) in [6.45, 7) is 34.1. The monoisotopic (exact) mass is 1320 g/mol. The van der Waals surface area contributed by atoms with Crippen LogP contribution < -0.4 is 0 Å². The van der Waals surface area contributed by atoms with Gasteiger partial charge in [-0.25, -0.2) is 29.0 Å². The van der Waals surface area contributed by atoms with Crippen molar-refractivity contribution in [1.29, 1.82) is 10.5 Å². The summed E-state index contributed by atoms with van der Waals surface area (Å²) < 4.78 is 35.8. The van der Waals surface area contributed by atoms with Crippen molar-refractivity contribution in [2.45, 2.75) is 195 Å². The first-order chi connectivity index (χ1) is 45.7. The number of carbonyl (C=O) groups is 2. The second-order valence-electron chi connectivity index (χ2n) is 26.7. The number of thiophene rings is 4. The van der Waals surface area contributed by atoms with Gasteiger partial charge in [0.1, 0.15) is 11.6 Å². The van der Waals surface area contributed by atoms with E-state index in [1.807, 2.05) is 48.6 Å². The summed E-state index contributed by atoms with van der Waals surface area (Å²) in [5, 5.41) is 20.5. The fourth-order valence-corrected chi connectivity index (χ4v) is 21.3. The van der Waals surface area contributed by atoms with Crippen LogP contribution in [0.4, 0.5) is 8.78 Å². The van der Waals surface area contributed by atoms with Gasteiger partial charge in [0, 0.05) is 94.4 Å². The van der Waals surface area contributed by atoms with Crippen LogP contribution in [0.25, 0.3) is 73.4 Å². The van der Waals surface area contributed by atoms with Crippen LogP contribution in [0.3, 0.4) is 0 Å². The van der Waals surface area contributed by atoms with Crippen molar-refractivity contribution in [3.8, 4) is 52.5 Å². The zero-order valence-corrected chi connectivity index (χ0v) is 58.9. The predicted molar refractivity (Wildman–Crippen MR) is 389 cm³/mol. The summed E-state index contributed by atoms with van der Waals surface area (Å²) in [5.41, 5.74) is 7.68. The molecule has 3 aromatic carbocycles. The number of nitrogens with zero attached hydrogens (tertiary/aromatic N) is 4. The summed E-state index contributed by atoms with van der Waals surface area (Å²) in [7, 11) is 0. The number of allylic oxidation sites excluding steroid dienone is 6. The summed E-state index contributed by atoms with van der Waals surface area (Å²) in [6, 6.07) is 30.4. The number of nitriles is 2. The fraction of sp³-hybridized carbons (Fsp3) is 0.415. The molecule has 4 aromatic heterocycles. The number of fused-ring (bicyclic) bond motifs is 8. The highest BCUT2D eigenvalue weighted by Crippen LogP contribution is 2.65. The molecule has 12 heteroatoms.